The van der Waals surface area contributed by atoms with Gasteiger partial charge in [0.05, 0.1) is 47.4 Å². The Labute approximate surface area is 289 Å². The van der Waals surface area contributed by atoms with Crippen LogP contribution in [-0.4, -0.2) is 72.2 Å². The number of rotatable bonds is 10. The molecule has 2 aliphatic heterocycles. The number of carbonyl (C=O) groups is 3. The molecule has 3 heterocycles. The van der Waals surface area contributed by atoms with Gasteiger partial charge < -0.3 is 19.7 Å². The van der Waals surface area contributed by atoms with Gasteiger partial charge in [0.2, 0.25) is 5.91 Å². The minimum absolute atomic E-state index is 0.0139. The molecule has 0 radical (unpaired) electrons. The van der Waals surface area contributed by atoms with Crippen LogP contribution in [0.3, 0.4) is 0 Å². The number of nitrogens with one attached hydrogen (secondary N) is 1. The molecule has 256 valence electrons. The molecule has 0 bridgehead atoms. The molecule has 3 aromatic rings. The Bertz CT molecular complexity index is 1690. The zero-order chi connectivity index (χ0) is 33.4. The van der Waals surface area contributed by atoms with Crippen LogP contribution in [0.2, 0.25) is 5.02 Å². The van der Waals surface area contributed by atoms with Gasteiger partial charge in [-0.1, -0.05) is 29.8 Å². The Morgan fingerprint density at radius 2 is 1.88 bits per heavy atom. The lowest BCUT2D eigenvalue weighted by Crippen LogP contribution is -2.53. The van der Waals surface area contributed by atoms with Crippen molar-refractivity contribution in [1.29, 1.82) is 0 Å². The summed E-state index contributed by atoms with van der Waals surface area (Å²) >= 11 is 8.03. The topological polar surface area (TPSA) is 88.2 Å². The molecule has 4 aliphatic rings. The predicted octanol–water partition coefficient (Wildman–Crippen LogP) is 7.43. The fourth-order valence-electron chi connectivity index (χ4n) is 7.91. The minimum Gasteiger partial charge on any atom is -0.466 e. The molecule has 11 heteroatoms. The van der Waals surface area contributed by atoms with Crippen molar-refractivity contribution in [2.24, 2.45) is 11.3 Å². The molecule has 7 rings (SSSR count). The van der Waals surface area contributed by atoms with Crippen molar-refractivity contribution < 1.29 is 28.2 Å². The van der Waals surface area contributed by atoms with Gasteiger partial charge in [-0.25, -0.2) is 4.39 Å². The van der Waals surface area contributed by atoms with E-state index in [0.29, 0.717) is 24.1 Å². The zero-order valence-electron chi connectivity index (χ0n) is 27.4. The number of anilines is 1. The Hall–Kier alpha value is -3.05. The van der Waals surface area contributed by atoms with Gasteiger partial charge in [-0.3, -0.25) is 19.3 Å². The summed E-state index contributed by atoms with van der Waals surface area (Å²) in [4.78, 5) is 43.6. The van der Waals surface area contributed by atoms with E-state index in [0.717, 1.165) is 68.1 Å². The largest absolute Gasteiger partial charge is 0.466 e. The van der Waals surface area contributed by atoms with Crippen molar-refractivity contribution in [1.82, 2.24) is 9.80 Å². The highest BCUT2D eigenvalue weighted by molar-refractivity contribution is 7.17. The first-order chi connectivity index (χ1) is 23.2. The second kappa shape index (κ2) is 14.1. The number of likely N-dealkylation sites (tertiary alicyclic amines) is 2. The fourth-order valence-corrected chi connectivity index (χ4v) is 9.08. The van der Waals surface area contributed by atoms with Crippen molar-refractivity contribution in [2.75, 3.05) is 31.6 Å². The Morgan fingerprint density at radius 1 is 1.08 bits per heavy atom. The number of hydrogen-bond donors (Lipinski definition) is 1. The van der Waals surface area contributed by atoms with Crippen LogP contribution < -0.4 is 5.32 Å². The number of nitrogens with zero attached hydrogens (tertiary/aromatic N) is 2. The van der Waals surface area contributed by atoms with E-state index in [1.54, 1.807) is 5.38 Å². The van der Waals surface area contributed by atoms with E-state index in [-0.39, 0.29) is 64.8 Å². The number of halogens is 2. The number of fused-ring (bicyclic) bond motifs is 1. The zero-order valence-corrected chi connectivity index (χ0v) is 28.9. The second-order valence-electron chi connectivity index (χ2n) is 14.0. The van der Waals surface area contributed by atoms with Gasteiger partial charge in [0.1, 0.15) is 12.0 Å². The normalized spacial score (nSPS) is 24.2. The first-order valence-corrected chi connectivity index (χ1v) is 18.6. The average molecular weight is 696 g/mol. The standard InChI is InChI=1S/C37H43ClFN3O5S/c1-2-46-36(45)23-9-11-25(12-10-23)47-35(41-17-15-37(22-41)13-14-37)31-7-5-16-42(31)33(43)19-24-18-28(38)30(20-29(24)39)40-34(44)27-21-48-32-8-4-3-6-26(27)32/h3-4,6,8,18,20-21,23,25,31,35H,2,5,7,9-17,19,22H2,1H3,(H,40,44)/t23?,25?,31-,35?/m0/s1. The van der Waals surface area contributed by atoms with Crippen molar-refractivity contribution in [3.05, 3.63) is 63.7 Å². The number of hydrogen-bond acceptors (Lipinski definition) is 7. The molecule has 2 amide bonds. The molecule has 1 N–H and O–H groups in total. The van der Waals surface area contributed by atoms with Crippen LogP contribution in [0.4, 0.5) is 10.1 Å². The number of amides is 2. The van der Waals surface area contributed by atoms with E-state index in [1.165, 1.54) is 36.3 Å². The van der Waals surface area contributed by atoms with E-state index in [1.807, 2.05) is 36.1 Å². The molecule has 2 aliphatic carbocycles. The summed E-state index contributed by atoms with van der Waals surface area (Å²) in [5.74, 6) is -1.31. The van der Waals surface area contributed by atoms with E-state index in [4.69, 9.17) is 21.1 Å². The third-order valence-electron chi connectivity index (χ3n) is 10.8. The van der Waals surface area contributed by atoms with Crippen LogP contribution in [-0.2, 0) is 25.5 Å². The molecule has 2 aromatic carbocycles. The van der Waals surface area contributed by atoms with Gasteiger partial charge in [0, 0.05) is 35.1 Å². The monoisotopic (exact) mass is 695 g/mol. The molecule has 1 unspecified atom stereocenters. The molecule has 2 saturated heterocycles. The molecule has 1 aromatic heterocycles. The van der Waals surface area contributed by atoms with Crippen LogP contribution in [0.5, 0.6) is 0 Å². The first kappa shape index (κ1) is 33.4. The highest BCUT2D eigenvalue weighted by Crippen LogP contribution is 2.53. The lowest BCUT2D eigenvalue weighted by molar-refractivity contribution is -0.160. The number of carbonyl (C=O) groups excluding carboxylic acids is 3. The average Bonchev–Trinajstić information content (AvgIpc) is 3.42. The summed E-state index contributed by atoms with van der Waals surface area (Å²) in [7, 11) is 0. The summed E-state index contributed by atoms with van der Waals surface area (Å²) in [6.45, 7) is 4.74. The summed E-state index contributed by atoms with van der Waals surface area (Å²) < 4.78 is 28.7. The third kappa shape index (κ3) is 6.99. The summed E-state index contributed by atoms with van der Waals surface area (Å²) in [6.07, 6.45) is 8.03. The second-order valence-corrected chi connectivity index (χ2v) is 15.3. The first-order valence-electron chi connectivity index (χ1n) is 17.3. The van der Waals surface area contributed by atoms with E-state index in [2.05, 4.69) is 10.2 Å². The van der Waals surface area contributed by atoms with Crippen LogP contribution in [0.15, 0.2) is 41.8 Å². The maximum absolute atomic E-state index is 15.5. The molecule has 4 fully saturated rings. The fraction of sp³-hybridized carbons (Fsp3) is 0.541. The maximum Gasteiger partial charge on any atom is 0.308 e. The van der Waals surface area contributed by atoms with Gasteiger partial charge in [-0.2, -0.15) is 0 Å². The molecule has 8 nitrogen and oxygen atoms in total. The lowest BCUT2D eigenvalue weighted by atomic mass is 9.87. The number of thiophene rings is 1. The highest BCUT2D eigenvalue weighted by Gasteiger charge is 2.51. The Morgan fingerprint density at radius 3 is 2.62 bits per heavy atom. The van der Waals surface area contributed by atoms with Crippen LogP contribution in [0.1, 0.15) is 80.6 Å². The quantitative estimate of drug-likeness (QED) is 0.222. The molecule has 2 saturated carbocycles. The Balaban J connectivity index is 1.03. The van der Waals surface area contributed by atoms with Crippen molar-refractivity contribution in [3.8, 4) is 0 Å². The molecule has 2 atom stereocenters. The minimum atomic E-state index is -0.588. The van der Waals surface area contributed by atoms with Crippen LogP contribution in [0, 0.1) is 17.2 Å². The molecular formula is C37H43ClFN3O5S. The van der Waals surface area contributed by atoms with E-state index in [9.17, 15) is 14.4 Å². The van der Waals surface area contributed by atoms with Crippen molar-refractivity contribution >= 4 is 56.5 Å². The molecular weight excluding hydrogens is 653 g/mol. The molecule has 48 heavy (non-hydrogen) atoms. The summed E-state index contributed by atoms with van der Waals surface area (Å²) in [5.41, 5.74) is 1.26. The van der Waals surface area contributed by atoms with Gasteiger partial charge >= 0.3 is 5.97 Å². The smallest absolute Gasteiger partial charge is 0.308 e. The third-order valence-corrected chi connectivity index (χ3v) is 12.1. The van der Waals surface area contributed by atoms with Gasteiger partial charge in [-0.05, 0) is 93.9 Å². The summed E-state index contributed by atoms with van der Waals surface area (Å²) in [6, 6.07) is 10.1. The van der Waals surface area contributed by atoms with Gasteiger partial charge in [-0.15, -0.1) is 11.3 Å². The van der Waals surface area contributed by atoms with Gasteiger partial charge in [0.25, 0.3) is 5.91 Å². The number of benzene rings is 2. The SMILES string of the molecule is CCOC(=O)C1CCC(OC([C@@H]2CCCN2C(=O)Cc2cc(Cl)c(NC(=O)c3csc4ccccc34)cc2F)N2CCC3(CC3)C2)CC1. The maximum atomic E-state index is 15.5. The molecule has 1 spiro atoms. The van der Waals surface area contributed by atoms with E-state index < -0.39 is 5.82 Å². The predicted molar refractivity (Wildman–Crippen MR) is 185 cm³/mol. The Kier molecular flexibility index (Phi) is 9.79. The number of esters is 1. The van der Waals surface area contributed by atoms with Gasteiger partial charge in [0.15, 0.2) is 0 Å². The van der Waals surface area contributed by atoms with Crippen molar-refractivity contribution in [2.45, 2.75) is 89.5 Å². The lowest BCUT2D eigenvalue weighted by Gasteiger charge is -2.40. The van der Waals surface area contributed by atoms with Crippen LogP contribution in [0.25, 0.3) is 10.1 Å². The van der Waals surface area contributed by atoms with Crippen molar-refractivity contribution in [3.63, 3.8) is 0 Å². The van der Waals surface area contributed by atoms with E-state index >= 15 is 4.39 Å². The highest BCUT2D eigenvalue weighted by atomic mass is 35.5. The van der Waals surface area contributed by atoms with Crippen LogP contribution >= 0.6 is 22.9 Å². The summed E-state index contributed by atoms with van der Waals surface area (Å²) in [5, 5.41) is 5.54. The number of ether oxygens (including phenoxy) is 2.